The highest BCUT2D eigenvalue weighted by Gasteiger charge is 2.48. The Morgan fingerprint density at radius 2 is 1.65 bits per heavy atom. The SMILES string of the molecule is CO/C=C\C[C@]1(NC(=O)OCc2ccccc2)CCN(C(=O)C(C)(N)[C@H](C)c2cc(C(F)(F)F)cc(C(F)(F)F)c2)[C@@H](c2ccc(F)cc2C)C1. The van der Waals surface area contributed by atoms with E-state index in [9.17, 15) is 40.3 Å². The Labute approximate surface area is 291 Å². The number of nitrogens with two attached hydrogens (primary N) is 1. The van der Waals surface area contributed by atoms with Crippen molar-refractivity contribution in [1.29, 1.82) is 0 Å². The molecule has 3 aromatic rings. The number of benzene rings is 3. The Kier molecular flexibility index (Phi) is 11.8. The number of alkyl halides is 6. The van der Waals surface area contributed by atoms with Crippen LogP contribution < -0.4 is 11.1 Å². The first-order valence-corrected chi connectivity index (χ1v) is 16.1. The third kappa shape index (κ3) is 9.40. The lowest BCUT2D eigenvalue weighted by atomic mass is 9.75. The fourth-order valence-corrected chi connectivity index (χ4v) is 6.37. The summed E-state index contributed by atoms with van der Waals surface area (Å²) in [6.07, 6.45) is -7.39. The van der Waals surface area contributed by atoms with Crippen LogP contribution in [0.25, 0.3) is 0 Å². The molecule has 0 spiro atoms. The number of ether oxygens (including phenoxy) is 2. The fraction of sp³-hybridized carbons (Fsp3) is 0.405. The molecular weight excluding hydrogens is 683 g/mol. The maximum atomic E-state index is 14.4. The van der Waals surface area contributed by atoms with Crippen LogP contribution in [0.3, 0.4) is 0 Å². The van der Waals surface area contributed by atoms with Gasteiger partial charge in [0.1, 0.15) is 12.4 Å². The lowest BCUT2D eigenvalue weighted by Crippen LogP contribution is -2.62. The van der Waals surface area contributed by atoms with Gasteiger partial charge in [-0.05, 0) is 91.8 Å². The lowest BCUT2D eigenvalue weighted by molar-refractivity contribution is -0.143. The summed E-state index contributed by atoms with van der Waals surface area (Å²) in [5.41, 5.74) is 1.78. The van der Waals surface area contributed by atoms with Crippen molar-refractivity contribution in [2.75, 3.05) is 13.7 Å². The van der Waals surface area contributed by atoms with Gasteiger partial charge in [0.2, 0.25) is 5.91 Å². The third-order valence-corrected chi connectivity index (χ3v) is 9.43. The zero-order valence-electron chi connectivity index (χ0n) is 28.5. The Hall–Kier alpha value is -4.59. The van der Waals surface area contributed by atoms with E-state index in [1.54, 1.807) is 37.3 Å². The number of likely N-dealkylation sites (tertiary alicyclic amines) is 1. The highest BCUT2D eigenvalue weighted by Crippen LogP contribution is 2.44. The summed E-state index contributed by atoms with van der Waals surface area (Å²) in [4.78, 5) is 29.0. The van der Waals surface area contributed by atoms with Crippen LogP contribution >= 0.6 is 0 Å². The normalized spacial score (nSPS) is 20.1. The first-order valence-electron chi connectivity index (χ1n) is 16.1. The number of carbonyl (C=O) groups is 2. The molecule has 1 unspecified atom stereocenters. The van der Waals surface area contributed by atoms with E-state index < -0.39 is 69.9 Å². The summed E-state index contributed by atoms with van der Waals surface area (Å²) in [6.45, 7) is 4.12. The molecule has 1 heterocycles. The van der Waals surface area contributed by atoms with Gasteiger partial charge in [-0.2, -0.15) is 26.3 Å². The molecule has 1 fully saturated rings. The number of rotatable bonds is 10. The third-order valence-electron chi connectivity index (χ3n) is 9.43. The molecule has 3 aromatic carbocycles. The number of methoxy groups -OCH3 is 1. The minimum atomic E-state index is -5.10. The van der Waals surface area contributed by atoms with Crippen LogP contribution in [-0.4, -0.2) is 41.6 Å². The molecule has 276 valence electrons. The van der Waals surface area contributed by atoms with Crippen LogP contribution in [0.5, 0.6) is 0 Å². The average Bonchev–Trinajstić information content (AvgIpc) is 3.06. The molecular formula is C37H40F7N3O4. The van der Waals surface area contributed by atoms with E-state index >= 15 is 0 Å². The highest BCUT2D eigenvalue weighted by molar-refractivity contribution is 5.87. The summed E-state index contributed by atoms with van der Waals surface area (Å²) in [7, 11) is 1.45. The van der Waals surface area contributed by atoms with E-state index in [2.05, 4.69) is 5.32 Å². The number of nitrogens with one attached hydrogen (secondary N) is 1. The molecule has 14 heteroatoms. The first-order chi connectivity index (χ1) is 23.8. The Bertz CT molecular complexity index is 1690. The summed E-state index contributed by atoms with van der Waals surface area (Å²) in [5, 5.41) is 2.96. The van der Waals surface area contributed by atoms with E-state index in [1.165, 1.54) is 50.3 Å². The molecule has 4 rings (SSSR count). The average molecular weight is 724 g/mol. The molecule has 0 bridgehead atoms. The fourth-order valence-electron chi connectivity index (χ4n) is 6.37. The monoisotopic (exact) mass is 723 g/mol. The number of hydrogen-bond donors (Lipinski definition) is 2. The maximum absolute atomic E-state index is 14.4. The van der Waals surface area contributed by atoms with Crippen molar-refractivity contribution < 1.29 is 49.8 Å². The largest absolute Gasteiger partial charge is 0.505 e. The molecule has 3 N–H and O–H groups in total. The number of alkyl carbamates (subject to hydrolysis) is 1. The van der Waals surface area contributed by atoms with E-state index in [0.717, 1.165) is 5.56 Å². The summed E-state index contributed by atoms with van der Waals surface area (Å²) in [6, 6.07) is 13.2. The topological polar surface area (TPSA) is 93.9 Å². The molecule has 0 aromatic heterocycles. The molecule has 1 aliphatic heterocycles. The molecule has 51 heavy (non-hydrogen) atoms. The minimum Gasteiger partial charge on any atom is -0.505 e. The van der Waals surface area contributed by atoms with Crippen molar-refractivity contribution in [2.45, 2.75) is 82.0 Å². The van der Waals surface area contributed by atoms with Crippen molar-refractivity contribution in [3.63, 3.8) is 0 Å². The van der Waals surface area contributed by atoms with Crippen molar-refractivity contribution in [3.8, 4) is 0 Å². The number of hydrogen-bond acceptors (Lipinski definition) is 5. The van der Waals surface area contributed by atoms with Crippen LogP contribution in [0.15, 0.2) is 79.1 Å². The van der Waals surface area contributed by atoms with Crippen molar-refractivity contribution in [1.82, 2.24) is 10.2 Å². The molecule has 2 amide bonds. The second-order valence-corrected chi connectivity index (χ2v) is 13.1. The Balaban J connectivity index is 1.72. The molecule has 1 aliphatic rings. The van der Waals surface area contributed by atoms with E-state index in [0.29, 0.717) is 23.3 Å². The second kappa shape index (κ2) is 15.3. The van der Waals surface area contributed by atoms with Crippen LogP contribution in [0.4, 0.5) is 35.5 Å². The van der Waals surface area contributed by atoms with Crippen LogP contribution in [0.1, 0.15) is 78.5 Å². The second-order valence-electron chi connectivity index (χ2n) is 13.1. The smallest absolute Gasteiger partial charge is 0.416 e. The van der Waals surface area contributed by atoms with Gasteiger partial charge >= 0.3 is 18.4 Å². The number of amides is 2. The number of nitrogens with zero attached hydrogens (tertiary/aromatic N) is 1. The number of halogens is 7. The zero-order chi connectivity index (χ0) is 37.8. The van der Waals surface area contributed by atoms with Gasteiger partial charge in [0, 0.05) is 12.5 Å². The summed E-state index contributed by atoms with van der Waals surface area (Å²) in [5.74, 6) is -2.63. The van der Waals surface area contributed by atoms with Gasteiger partial charge in [-0.1, -0.05) is 43.3 Å². The molecule has 0 radical (unpaired) electrons. The quantitative estimate of drug-likeness (QED) is 0.162. The summed E-state index contributed by atoms with van der Waals surface area (Å²) < 4.78 is 107. The van der Waals surface area contributed by atoms with Gasteiger partial charge in [0.05, 0.1) is 41.6 Å². The highest BCUT2D eigenvalue weighted by atomic mass is 19.4. The zero-order valence-corrected chi connectivity index (χ0v) is 28.5. The lowest BCUT2D eigenvalue weighted by Gasteiger charge is -2.49. The maximum Gasteiger partial charge on any atom is 0.416 e. The molecule has 1 saturated heterocycles. The van der Waals surface area contributed by atoms with Crippen molar-refractivity contribution >= 4 is 12.0 Å². The minimum absolute atomic E-state index is 0.0132. The van der Waals surface area contributed by atoms with E-state index in [-0.39, 0.29) is 38.5 Å². The predicted octanol–water partition coefficient (Wildman–Crippen LogP) is 8.57. The molecule has 7 nitrogen and oxygen atoms in total. The van der Waals surface area contributed by atoms with Crippen molar-refractivity contribution in [3.05, 3.63) is 118 Å². The molecule has 0 aliphatic carbocycles. The van der Waals surface area contributed by atoms with Crippen LogP contribution in [0, 0.1) is 12.7 Å². The Morgan fingerprint density at radius 1 is 1.02 bits per heavy atom. The standard InChI is InChI=1S/C37H40F7N3O4/c1-23-17-29(38)11-12-30(23)31-21-35(13-8-16-50-4,46-33(49)51-22-25-9-6-5-7-10-25)14-15-47(31)32(48)34(3,45)24(2)26-18-27(36(39,40)41)20-28(19-26)37(42,43)44/h5-12,16-20,24,31H,13-15,21-22,45H2,1-4H3,(H,46,49)/b16-8-/t24-,31-,34?,35+/m1/s1. The molecule has 4 atom stereocenters. The molecule has 0 saturated carbocycles. The van der Waals surface area contributed by atoms with Crippen LogP contribution in [0.2, 0.25) is 0 Å². The number of piperidine rings is 1. The first kappa shape index (κ1) is 39.2. The predicted molar refractivity (Wildman–Crippen MR) is 176 cm³/mol. The van der Waals surface area contributed by atoms with Crippen LogP contribution in [-0.2, 0) is 33.2 Å². The van der Waals surface area contributed by atoms with Gasteiger partial charge < -0.3 is 25.4 Å². The van der Waals surface area contributed by atoms with Gasteiger partial charge in [0.15, 0.2) is 0 Å². The van der Waals surface area contributed by atoms with E-state index in [4.69, 9.17) is 15.2 Å². The number of carbonyl (C=O) groups excluding carboxylic acids is 2. The number of aryl methyl sites for hydroxylation is 1. The Morgan fingerprint density at radius 3 is 2.22 bits per heavy atom. The summed E-state index contributed by atoms with van der Waals surface area (Å²) >= 11 is 0. The van der Waals surface area contributed by atoms with Crippen molar-refractivity contribution in [2.24, 2.45) is 5.73 Å². The van der Waals surface area contributed by atoms with Gasteiger partial charge in [-0.3, -0.25) is 4.79 Å². The van der Waals surface area contributed by atoms with Gasteiger partial charge in [0.25, 0.3) is 0 Å². The van der Waals surface area contributed by atoms with Gasteiger partial charge in [-0.15, -0.1) is 0 Å². The van der Waals surface area contributed by atoms with E-state index in [1.807, 2.05) is 6.07 Å². The van der Waals surface area contributed by atoms with Gasteiger partial charge in [-0.25, -0.2) is 9.18 Å².